The molecule has 3 rings (SSSR count). The van der Waals surface area contributed by atoms with E-state index < -0.39 is 17.5 Å². The first-order chi connectivity index (χ1) is 10.4. The molecule has 0 fully saturated rings. The van der Waals surface area contributed by atoms with Crippen LogP contribution in [0.2, 0.25) is 0 Å². The Morgan fingerprint density at radius 3 is 2.45 bits per heavy atom. The van der Waals surface area contributed by atoms with Crippen molar-refractivity contribution in [1.29, 1.82) is 0 Å². The third kappa shape index (κ3) is 2.80. The van der Waals surface area contributed by atoms with Crippen LogP contribution in [0.4, 0.5) is 13.2 Å². The summed E-state index contributed by atoms with van der Waals surface area (Å²) in [6, 6.07) is 7.67. The van der Waals surface area contributed by atoms with E-state index in [1.807, 2.05) is 0 Å². The standard InChI is InChI=1S/C14H9F3N2O3/c15-14(16,17)10-5-3-9(4-6-10)8-19-13(20)22-12(18-19)11-2-1-7-21-11/h1-7H,8H2. The van der Waals surface area contributed by atoms with E-state index >= 15 is 0 Å². The van der Waals surface area contributed by atoms with Gasteiger partial charge in [-0.25, -0.2) is 4.79 Å². The molecule has 0 saturated carbocycles. The number of halogens is 3. The van der Waals surface area contributed by atoms with Crippen LogP contribution in [0.5, 0.6) is 0 Å². The minimum Gasteiger partial charge on any atom is -0.459 e. The van der Waals surface area contributed by atoms with Gasteiger partial charge < -0.3 is 8.83 Å². The molecule has 8 heteroatoms. The molecule has 0 unspecified atom stereocenters. The van der Waals surface area contributed by atoms with Gasteiger partial charge in [0.2, 0.25) is 0 Å². The number of benzene rings is 1. The van der Waals surface area contributed by atoms with Gasteiger partial charge in [0.15, 0.2) is 5.76 Å². The molecule has 5 nitrogen and oxygen atoms in total. The molecule has 1 aromatic carbocycles. The summed E-state index contributed by atoms with van der Waals surface area (Å²) in [6.45, 7) is 0.00117. The molecule has 0 bridgehead atoms. The number of nitrogens with zero attached hydrogens (tertiary/aromatic N) is 2. The Kier molecular flexibility index (Phi) is 3.36. The van der Waals surface area contributed by atoms with E-state index in [4.69, 9.17) is 8.83 Å². The van der Waals surface area contributed by atoms with Gasteiger partial charge in [-0.3, -0.25) is 0 Å². The predicted octanol–water partition coefficient (Wildman–Crippen LogP) is 3.16. The zero-order valence-corrected chi connectivity index (χ0v) is 11.0. The van der Waals surface area contributed by atoms with E-state index in [0.717, 1.165) is 16.8 Å². The van der Waals surface area contributed by atoms with Crippen molar-refractivity contribution in [2.75, 3.05) is 0 Å². The molecular formula is C14H9F3N2O3. The fourth-order valence-corrected chi connectivity index (χ4v) is 1.88. The fraction of sp³-hybridized carbons (Fsp3) is 0.143. The fourth-order valence-electron chi connectivity index (χ4n) is 1.88. The number of hydrogen-bond acceptors (Lipinski definition) is 4. The van der Waals surface area contributed by atoms with E-state index in [-0.39, 0.29) is 12.4 Å². The summed E-state index contributed by atoms with van der Waals surface area (Å²) in [6.07, 6.45) is -2.99. The van der Waals surface area contributed by atoms with Crippen molar-refractivity contribution in [3.05, 3.63) is 64.3 Å². The molecule has 3 aromatic rings. The number of furan rings is 1. The summed E-state index contributed by atoms with van der Waals surface area (Å²) in [5, 5.41) is 3.94. The maximum atomic E-state index is 12.5. The smallest absolute Gasteiger partial charge is 0.437 e. The summed E-state index contributed by atoms with van der Waals surface area (Å²) in [4.78, 5) is 11.7. The van der Waals surface area contributed by atoms with Gasteiger partial charge in [0, 0.05) is 0 Å². The molecule has 2 aromatic heterocycles. The summed E-state index contributed by atoms with van der Waals surface area (Å²) < 4.78 is 48.4. The molecule has 0 amide bonds. The number of aromatic nitrogens is 2. The second-order valence-corrected chi connectivity index (χ2v) is 4.50. The van der Waals surface area contributed by atoms with Gasteiger partial charge in [-0.2, -0.15) is 17.9 Å². The monoisotopic (exact) mass is 310 g/mol. The Labute approximate surface area is 121 Å². The van der Waals surface area contributed by atoms with Gasteiger partial charge in [-0.05, 0) is 29.8 Å². The van der Waals surface area contributed by atoms with Crippen molar-refractivity contribution >= 4 is 0 Å². The molecule has 0 atom stereocenters. The minimum atomic E-state index is -4.39. The van der Waals surface area contributed by atoms with Crippen molar-refractivity contribution in [3.8, 4) is 11.7 Å². The number of alkyl halides is 3. The third-order valence-electron chi connectivity index (χ3n) is 2.95. The molecule has 0 N–H and O–H groups in total. The van der Waals surface area contributed by atoms with Gasteiger partial charge in [-0.15, -0.1) is 5.10 Å². The van der Waals surface area contributed by atoms with Gasteiger partial charge in [0.25, 0.3) is 5.89 Å². The van der Waals surface area contributed by atoms with Crippen LogP contribution >= 0.6 is 0 Å². The molecule has 0 aliphatic carbocycles. The Morgan fingerprint density at radius 1 is 1.14 bits per heavy atom. The maximum absolute atomic E-state index is 12.5. The molecule has 0 spiro atoms. The van der Waals surface area contributed by atoms with Crippen molar-refractivity contribution in [2.45, 2.75) is 12.7 Å². The first-order valence-corrected chi connectivity index (χ1v) is 6.21. The Hall–Kier alpha value is -2.77. The Balaban J connectivity index is 1.83. The highest BCUT2D eigenvalue weighted by Gasteiger charge is 2.29. The highest BCUT2D eigenvalue weighted by Crippen LogP contribution is 2.29. The highest BCUT2D eigenvalue weighted by molar-refractivity contribution is 5.42. The van der Waals surface area contributed by atoms with Crippen LogP contribution in [0, 0.1) is 0 Å². The first-order valence-electron chi connectivity index (χ1n) is 6.21. The number of hydrogen-bond donors (Lipinski definition) is 0. The van der Waals surface area contributed by atoms with Crippen molar-refractivity contribution in [2.24, 2.45) is 0 Å². The Bertz CT molecular complexity index is 814. The zero-order valence-electron chi connectivity index (χ0n) is 11.0. The van der Waals surface area contributed by atoms with Gasteiger partial charge in [-0.1, -0.05) is 12.1 Å². The Morgan fingerprint density at radius 2 is 1.86 bits per heavy atom. The van der Waals surface area contributed by atoms with Crippen molar-refractivity contribution in [3.63, 3.8) is 0 Å². The second-order valence-electron chi connectivity index (χ2n) is 4.50. The van der Waals surface area contributed by atoms with Crippen LogP contribution in [-0.2, 0) is 12.7 Å². The lowest BCUT2D eigenvalue weighted by Crippen LogP contribution is -2.16. The van der Waals surface area contributed by atoms with Gasteiger partial charge >= 0.3 is 11.9 Å². The molecule has 22 heavy (non-hydrogen) atoms. The lowest BCUT2D eigenvalue weighted by atomic mass is 10.1. The average molecular weight is 310 g/mol. The second kappa shape index (κ2) is 5.21. The summed E-state index contributed by atoms with van der Waals surface area (Å²) in [5.41, 5.74) is -0.255. The van der Waals surface area contributed by atoms with Crippen LogP contribution < -0.4 is 5.76 Å². The normalized spacial score (nSPS) is 11.8. The summed E-state index contributed by atoms with van der Waals surface area (Å²) >= 11 is 0. The molecule has 2 heterocycles. The third-order valence-corrected chi connectivity index (χ3v) is 2.95. The van der Waals surface area contributed by atoms with Crippen LogP contribution in [-0.4, -0.2) is 9.78 Å². The van der Waals surface area contributed by atoms with Crippen LogP contribution in [0.1, 0.15) is 11.1 Å². The maximum Gasteiger partial charge on any atom is 0.437 e. The quantitative estimate of drug-likeness (QED) is 0.745. The largest absolute Gasteiger partial charge is 0.459 e. The molecule has 0 saturated heterocycles. The van der Waals surface area contributed by atoms with Crippen LogP contribution in [0.25, 0.3) is 11.7 Å². The SMILES string of the molecule is O=c1oc(-c2ccco2)nn1Cc1ccc(C(F)(F)F)cc1. The molecule has 0 aliphatic heterocycles. The van der Waals surface area contributed by atoms with Gasteiger partial charge in [0.05, 0.1) is 18.4 Å². The van der Waals surface area contributed by atoms with Crippen molar-refractivity contribution in [1.82, 2.24) is 9.78 Å². The summed E-state index contributed by atoms with van der Waals surface area (Å²) in [7, 11) is 0. The topological polar surface area (TPSA) is 61.2 Å². The lowest BCUT2D eigenvalue weighted by molar-refractivity contribution is -0.137. The zero-order chi connectivity index (χ0) is 15.7. The first kappa shape index (κ1) is 14.2. The van der Waals surface area contributed by atoms with Gasteiger partial charge in [0.1, 0.15) is 0 Å². The average Bonchev–Trinajstić information content (AvgIpc) is 3.09. The van der Waals surface area contributed by atoms with E-state index in [2.05, 4.69) is 5.10 Å². The number of rotatable bonds is 3. The lowest BCUT2D eigenvalue weighted by Gasteiger charge is -2.07. The van der Waals surface area contributed by atoms with Crippen LogP contribution in [0.15, 0.2) is 56.3 Å². The van der Waals surface area contributed by atoms with E-state index in [0.29, 0.717) is 11.3 Å². The molecule has 0 radical (unpaired) electrons. The van der Waals surface area contributed by atoms with Crippen LogP contribution in [0.3, 0.4) is 0 Å². The van der Waals surface area contributed by atoms with E-state index in [9.17, 15) is 18.0 Å². The predicted molar refractivity (Wildman–Crippen MR) is 69.0 cm³/mol. The highest BCUT2D eigenvalue weighted by atomic mass is 19.4. The molecular weight excluding hydrogens is 301 g/mol. The minimum absolute atomic E-state index is 0.00117. The summed E-state index contributed by atoms with van der Waals surface area (Å²) in [5.74, 6) is -0.406. The van der Waals surface area contributed by atoms with E-state index in [1.54, 1.807) is 12.1 Å². The van der Waals surface area contributed by atoms with Crippen molar-refractivity contribution < 1.29 is 22.0 Å². The molecule has 114 valence electrons. The van der Waals surface area contributed by atoms with E-state index in [1.165, 1.54) is 18.4 Å². The molecule has 0 aliphatic rings.